The van der Waals surface area contributed by atoms with E-state index in [1.165, 1.54) is 0 Å². The molecule has 0 saturated heterocycles. The number of ether oxygens (including phenoxy) is 1. The maximum absolute atomic E-state index is 12.6. The average molecular weight is 322 g/mol. The van der Waals surface area contributed by atoms with Crippen molar-refractivity contribution in [1.82, 2.24) is 0 Å². The first-order valence-corrected chi connectivity index (χ1v) is 6.48. The molecule has 4 nitrogen and oxygen atoms in total. The summed E-state index contributed by atoms with van der Waals surface area (Å²) >= 11 is 5.72. The van der Waals surface area contributed by atoms with E-state index in [-0.39, 0.29) is 16.6 Å². The quantitative estimate of drug-likeness (QED) is 0.866. The van der Waals surface area contributed by atoms with Crippen LogP contribution in [0.1, 0.15) is 18.4 Å². The van der Waals surface area contributed by atoms with Crippen LogP contribution in [0.2, 0.25) is 5.02 Å². The van der Waals surface area contributed by atoms with Gasteiger partial charge in [-0.25, -0.2) is 0 Å². The first kappa shape index (κ1) is 15.6. The van der Waals surface area contributed by atoms with E-state index in [4.69, 9.17) is 16.3 Å². The summed E-state index contributed by atoms with van der Waals surface area (Å²) in [6, 6.07) is 2.57. The molecule has 2 rings (SSSR count). The molecule has 1 N–H and O–H groups in total. The predicted octanol–water partition coefficient (Wildman–Crippen LogP) is 3.25. The van der Waals surface area contributed by atoms with Gasteiger partial charge in [0.25, 0.3) is 5.91 Å². The number of benzene rings is 1. The van der Waals surface area contributed by atoms with Crippen molar-refractivity contribution in [2.45, 2.75) is 19.0 Å². The smallest absolute Gasteiger partial charge is 0.416 e. The number of esters is 1. The molecule has 1 aliphatic rings. The van der Waals surface area contributed by atoms with E-state index in [9.17, 15) is 22.8 Å². The van der Waals surface area contributed by atoms with Gasteiger partial charge in [-0.2, -0.15) is 13.2 Å². The minimum atomic E-state index is -4.54. The Bertz CT molecular complexity index is 570. The molecule has 0 aliphatic heterocycles. The minimum absolute atomic E-state index is 0.0372. The van der Waals surface area contributed by atoms with Gasteiger partial charge in [0, 0.05) is 0 Å². The van der Waals surface area contributed by atoms with E-state index in [0.29, 0.717) is 0 Å². The summed E-state index contributed by atoms with van der Waals surface area (Å²) in [6.45, 7) is -0.554. The first-order valence-electron chi connectivity index (χ1n) is 6.10. The van der Waals surface area contributed by atoms with Crippen molar-refractivity contribution in [3.05, 3.63) is 28.8 Å². The molecule has 1 fully saturated rings. The van der Waals surface area contributed by atoms with Crippen molar-refractivity contribution in [3.63, 3.8) is 0 Å². The Hall–Kier alpha value is -1.76. The molecule has 0 unspecified atom stereocenters. The van der Waals surface area contributed by atoms with Gasteiger partial charge < -0.3 is 10.1 Å². The topological polar surface area (TPSA) is 55.4 Å². The predicted molar refractivity (Wildman–Crippen MR) is 68.8 cm³/mol. The maximum atomic E-state index is 12.6. The van der Waals surface area contributed by atoms with E-state index in [1.54, 1.807) is 0 Å². The van der Waals surface area contributed by atoms with Crippen LogP contribution >= 0.6 is 11.6 Å². The summed E-state index contributed by atoms with van der Waals surface area (Å²) in [4.78, 5) is 22.8. The zero-order valence-electron chi connectivity index (χ0n) is 10.7. The van der Waals surface area contributed by atoms with Crippen LogP contribution in [0.3, 0.4) is 0 Å². The summed E-state index contributed by atoms with van der Waals surface area (Å²) in [7, 11) is 0. The van der Waals surface area contributed by atoms with Gasteiger partial charge in [-0.3, -0.25) is 9.59 Å². The highest BCUT2D eigenvalue weighted by Crippen LogP contribution is 2.34. The van der Waals surface area contributed by atoms with Crippen molar-refractivity contribution in [2.75, 3.05) is 11.9 Å². The standard InChI is InChI=1S/C13H11ClF3NO3/c14-9-4-3-8(13(15,16)17)5-10(9)18-11(19)6-21-12(20)7-1-2-7/h3-5,7H,1-2,6H2,(H,18,19). The molecule has 1 aliphatic carbocycles. The number of carbonyl (C=O) groups excluding carboxylic acids is 2. The molecule has 8 heteroatoms. The Morgan fingerprint density at radius 1 is 1.33 bits per heavy atom. The molecular weight excluding hydrogens is 311 g/mol. The van der Waals surface area contributed by atoms with Gasteiger partial charge in [-0.15, -0.1) is 0 Å². The third kappa shape index (κ3) is 4.35. The molecule has 0 spiro atoms. The van der Waals surface area contributed by atoms with Crippen LogP contribution in [0, 0.1) is 5.92 Å². The number of carbonyl (C=O) groups is 2. The highest BCUT2D eigenvalue weighted by molar-refractivity contribution is 6.33. The first-order chi connectivity index (χ1) is 9.77. The Morgan fingerprint density at radius 3 is 2.57 bits per heavy atom. The van der Waals surface area contributed by atoms with Gasteiger partial charge in [0.05, 0.1) is 22.2 Å². The van der Waals surface area contributed by atoms with Crippen LogP contribution < -0.4 is 5.32 Å². The third-order valence-corrected chi connectivity index (χ3v) is 3.15. The molecule has 0 heterocycles. The van der Waals surface area contributed by atoms with Gasteiger partial charge in [-0.1, -0.05) is 11.6 Å². The fraction of sp³-hybridized carbons (Fsp3) is 0.385. The van der Waals surface area contributed by atoms with Crippen LogP contribution in [0.15, 0.2) is 18.2 Å². The molecule has 1 aromatic rings. The summed E-state index contributed by atoms with van der Waals surface area (Å²) < 4.78 is 42.4. The molecule has 114 valence electrons. The zero-order chi connectivity index (χ0) is 15.6. The zero-order valence-corrected chi connectivity index (χ0v) is 11.4. The van der Waals surface area contributed by atoms with Gasteiger partial charge >= 0.3 is 12.1 Å². The van der Waals surface area contributed by atoms with Crippen molar-refractivity contribution in [3.8, 4) is 0 Å². The molecule has 1 saturated carbocycles. The van der Waals surface area contributed by atoms with Crippen LogP contribution in [0.25, 0.3) is 0 Å². The fourth-order valence-corrected chi connectivity index (χ4v) is 1.72. The Labute approximate surface area is 123 Å². The van der Waals surface area contributed by atoms with E-state index in [2.05, 4.69) is 5.32 Å². The number of hydrogen-bond donors (Lipinski definition) is 1. The lowest BCUT2D eigenvalue weighted by Crippen LogP contribution is -2.22. The van der Waals surface area contributed by atoms with E-state index < -0.39 is 30.2 Å². The number of hydrogen-bond acceptors (Lipinski definition) is 3. The van der Waals surface area contributed by atoms with Gasteiger partial charge in [0.2, 0.25) is 0 Å². The highest BCUT2D eigenvalue weighted by atomic mass is 35.5. The van der Waals surface area contributed by atoms with Crippen molar-refractivity contribution < 1.29 is 27.5 Å². The molecule has 0 atom stereocenters. The third-order valence-electron chi connectivity index (χ3n) is 2.82. The number of amides is 1. The number of nitrogens with one attached hydrogen (secondary N) is 1. The largest absolute Gasteiger partial charge is 0.455 e. The fourth-order valence-electron chi connectivity index (χ4n) is 1.56. The lowest BCUT2D eigenvalue weighted by molar-refractivity contribution is -0.148. The number of halogens is 4. The lowest BCUT2D eigenvalue weighted by Gasteiger charge is -2.11. The van der Waals surface area contributed by atoms with Crippen LogP contribution in [0.4, 0.5) is 18.9 Å². The van der Waals surface area contributed by atoms with E-state index >= 15 is 0 Å². The van der Waals surface area contributed by atoms with Gasteiger partial charge in [0.1, 0.15) is 0 Å². The highest BCUT2D eigenvalue weighted by Gasteiger charge is 2.32. The van der Waals surface area contributed by atoms with E-state index in [1.807, 2.05) is 0 Å². The Kier molecular flexibility index (Phi) is 4.41. The summed E-state index contributed by atoms with van der Waals surface area (Å²) in [6.07, 6.45) is -3.07. The molecule has 1 aromatic carbocycles. The van der Waals surface area contributed by atoms with Crippen molar-refractivity contribution in [2.24, 2.45) is 5.92 Å². The Morgan fingerprint density at radius 2 is 2.00 bits per heavy atom. The molecular formula is C13H11ClF3NO3. The second-order valence-corrected chi connectivity index (χ2v) is 5.03. The normalized spacial score (nSPS) is 14.7. The van der Waals surface area contributed by atoms with Crippen molar-refractivity contribution in [1.29, 1.82) is 0 Å². The second kappa shape index (κ2) is 5.93. The minimum Gasteiger partial charge on any atom is -0.455 e. The summed E-state index contributed by atoms with van der Waals surface area (Å²) in [5, 5.41) is 2.15. The molecule has 1 amide bonds. The van der Waals surface area contributed by atoms with E-state index in [0.717, 1.165) is 31.0 Å². The monoisotopic (exact) mass is 321 g/mol. The second-order valence-electron chi connectivity index (χ2n) is 4.62. The number of rotatable bonds is 4. The van der Waals surface area contributed by atoms with Gasteiger partial charge in [-0.05, 0) is 31.0 Å². The number of alkyl halides is 3. The molecule has 0 bridgehead atoms. The van der Waals surface area contributed by atoms with Gasteiger partial charge in [0.15, 0.2) is 6.61 Å². The van der Waals surface area contributed by atoms with Crippen molar-refractivity contribution >= 4 is 29.2 Å². The van der Waals surface area contributed by atoms with Crippen LogP contribution in [0.5, 0.6) is 0 Å². The molecule has 0 radical (unpaired) electrons. The SMILES string of the molecule is O=C(COC(=O)C1CC1)Nc1cc(C(F)(F)F)ccc1Cl. The number of anilines is 1. The maximum Gasteiger partial charge on any atom is 0.416 e. The van der Waals surface area contributed by atoms with Crippen LogP contribution in [-0.4, -0.2) is 18.5 Å². The molecule has 21 heavy (non-hydrogen) atoms. The average Bonchev–Trinajstić information content (AvgIpc) is 3.21. The molecule has 0 aromatic heterocycles. The Balaban J connectivity index is 1.97. The summed E-state index contributed by atoms with van der Waals surface area (Å²) in [5.74, 6) is -1.37. The summed E-state index contributed by atoms with van der Waals surface area (Å²) in [5.41, 5.74) is -1.11. The lowest BCUT2D eigenvalue weighted by atomic mass is 10.2. The van der Waals surface area contributed by atoms with Crippen LogP contribution in [-0.2, 0) is 20.5 Å².